The number of nitrogens with one attached hydrogen (secondary N) is 2. The molecular formula is C28H27N3O3S2. The van der Waals surface area contributed by atoms with Gasteiger partial charge in [-0.1, -0.05) is 54.6 Å². The van der Waals surface area contributed by atoms with Gasteiger partial charge in [0.2, 0.25) is 5.91 Å². The van der Waals surface area contributed by atoms with Crippen molar-refractivity contribution >= 4 is 39.1 Å². The van der Waals surface area contributed by atoms with Crippen LogP contribution in [0.1, 0.15) is 5.56 Å². The molecule has 0 saturated carbocycles. The lowest BCUT2D eigenvalue weighted by atomic mass is 10.1. The summed E-state index contributed by atoms with van der Waals surface area (Å²) in [6, 6.07) is 31.2. The molecule has 0 spiro atoms. The normalized spacial score (nSPS) is 11.1. The van der Waals surface area contributed by atoms with Gasteiger partial charge in [0.05, 0.1) is 10.6 Å². The number of thioether (sulfide) groups is 1. The summed E-state index contributed by atoms with van der Waals surface area (Å²) in [4.78, 5) is 13.3. The highest BCUT2D eigenvalue weighted by Gasteiger charge is 2.14. The fraction of sp³-hybridized carbons (Fsp3) is 0.107. The molecule has 0 atom stereocenters. The molecule has 0 unspecified atom stereocenters. The third kappa shape index (κ3) is 7.13. The topological polar surface area (TPSA) is 101 Å². The number of carbonyl (C=O) groups is 1. The molecule has 0 aliphatic heterocycles. The van der Waals surface area contributed by atoms with E-state index in [-0.39, 0.29) is 10.8 Å². The monoisotopic (exact) mass is 517 g/mol. The van der Waals surface area contributed by atoms with Crippen molar-refractivity contribution in [3.63, 3.8) is 0 Å². The number of nitrogens with two attached hydrogens (primary N) is 1. The Bertz CT molecular complexity index is 1390. The third-order valence-corrected chi connectivity index (χ3v) is 7.87. The summed E-state index contributed by atoms with van der Waals surface area (Å²) in [5, 5.41) is 2.91. The molecule has 0 aliphatic carbocycles. The van der Waals surface area contributed by atoms with Gasteiger partial charge in [-0.05, 0) is 71.6 Å². The number of carbonyl (C=O) groups excluding carboxylic acids is 1. The Kier molecular flexibility index (Phi) is 8.30. The van der Waals surface area contributed by atoms with Crippen molar-refractivity contribution in [1.82, 2.24) is 5.32 Å². The van der Waals surface area contributed by atoms with Gasteiger partial charge >= 0.3 is 0 Å². The Morgan fingerprint density at radius 3 is 2.08 bits per heavy atom. The standard InChI is InChI=1S/C28H27N3O3S2/c29-24-10-14-26(15-11-24)35-20-28(32)30-19-18-21-6-12-25(13-7-21)31-36(33,34)27-16-8-23(9-17-27)22-4-2-1-3-5-22/h1-17,31H,18-20,29H2,(H,30,32). The largest absolute Gasteiger partial charge is 0.399 e. The third-order valence-electron chi connectivity index (χ3n) is 5.46. The highest BCUT2D eigenvalue weighted by atomic mass is 32.2. The van der Waals surface area contributed by atoms with E-state index in [1.54, 1.807) is 36.4 Å². The smallest absolute Gasteiger partial charge is 0.261 e. The quantitative estimate of drug-likeness (QED) is 0.199. The molecule has 0 fully saturated rings. The van der Waals surface area contributed by atoms with E-state index in [4.69, 9.17) is 5.73 Å². The number of nitrogen functional groups attached to an aromatic ring is 1. The van der Waals surface area contributed by atoms with Crippen LogP contribution < -0.4 is 15.8 Å². The van der Waals surface area contributed by atoms with Crippen molar-refractivity contribution in [2.45, 2.75) is 16.2 Å². The molecule has 1 amide bonds. The van der Waals surface area contributed by atoms with Crippen LogP contribution in [0.3, 0.4) is 0 Å². The van der Waals surface area contributed by atoms with Gasteiger partial charge in [-0.15, -0.1) is 11.8 Å². The van der Waals surface area contributed by atoms with E-state index in [1.165, 1.54) is 11.8 Å². The van der Waals surface area contributed by atoms with Crippen LogP contribution in [0.25, 0.3) is 11.1 Å². The molecule has 0 saturated heterocycles. The minimum atomic E-state index is -3.70. The summed E-state index contributed by atoms with van der Waals surface area (Å²) in [5.41, 5.74) is 9.83. The van der Waals surface area contributed by atoms with Crippen LogP contribution in [-0.4, -0.2) is 26.6 Å². The lowest BCUT2D eigenvalue weighted by molar-refractivity contribution is -0.118. The molecule has 36 heavy (non-hydrogen) atoms. The Labute approximate surface area is 216 Å². The first-order chi connectivity index (χ1) is 17.4. The van der Waals surface area contributed by atoms with Crippen molar-refractivity contribution in [3.05, 3.63) is 109 Å². The zero-order chi connectivity index (χ0) is 25.4. The van der Waals surface area contributed by atoms with Crippen LogP contribution >= 0.6 is 11.8 Å². The molecule has 0 bridgehead atoms. The summed E-state index contributed by atoms with van der Waals surface area (Å²) < 4.78 is 28.2. The second-order valence-electron chi connectivity index (χ2n) is 8.15. The Morgan fingerprint density at radius 1 is 0.778 bits per heavy atom. The predicted octanol–water partition coefficient (Wildman–Crippen LogP) is 5.19. The van der Waals surface area contributed by atoms with Crippen LogP contribution in [-0.2, 0) is 21.2 Å². The van der Waals surface area contributed by atoms with Crippen LogP contribution in [0, 0.1) is 0 Å². The van der Waals surface area contributed by atoms with Crippen molar-refractivity contribution in [1.29, 1.82) is 0 Å². The molecule has 0 heterocycles. The average Bonchev–Trinajstić information content (AvgIpc) is 2.90. The maximum absolute atomic E-state index is 12.8. The van der Waals surface area contributed by atoms with Crippen molar-refractivity contribution < 1.29 is 13.2 Å². The molecular weight excluding hydrogens is 490 g/mol. The van der Waals surface area contributed by atoms with Gasteiger partial charge in [-0.2, -0.15) is 0 Å². The number of rotatable bonds is 10. The summed E-state index contributed by atoms with van der Waals surface area (Å²) in [6.45, 7) is 0.500. The first kappa shape index (κ1) is 25.3. The molecule has 0 aromatic heterocycles. The van der Waals surface area contributed by atoms with Gasteiger partial charge < -0.3 is 11.1 Å². The summed E-state index contributed by atoms with van der Waals surface area (Å²) in [7, 11) is -3.70. The van der Waals surface area contributed by atoms with Crippen LogP contribution in [0.4, 0.5) is 11.4 Å². The number of anilines is 2. The minimum absolute atomic E-state index is 0.0421. The number of benzene rings is 4. The lowest BCUT2D eigenvalue weighted by Crippen LogP contribution is -2.27. The highest BCUT2D eigenvalue weighted by molar-refractivity contribution is 8.00. The van der Waals surface area contributed by atoms with Crippen LogP contribution in [0.15, 0.2) is 113 Å². The SMILES string of the molecule is Nc1ccc(SCC(=O)NCCc2ccc(NS(=O)(=O)c3ccc(-c4ccccc4)cc3)cc2)cc1. The molecule has 4 aromatic rings. The van der Waals surface area contributed by atoms with Crippen LogP contribution in [0.2, 0.25) is 0 Å². The first-order valence-corrected chi connectivity index (χ1v) is 13.9. The number of amides is 1. The van der Waals surface area contributed by atoms with Crippen molar-refractivity contribution in [2.75, 3.05) is 22.8 Å². The van der Waals surface area contributed by atoms with Crippen LogP contribution in [0.5, 0.6) is 0 Å². The van der Waals surface area contributed by atoms with E-state index >= 15 is 0 Å². The molecule has 0 radical (unpaired) electrons. The Morgan fingerprint density at radius 2 is 1.42 bits per heavy atom. The molecule has 0 aliphatic rings. The van der Waals surface area contributed by atoms with Crippen molar-refractivity contribution in [3.8, 4) is 11.1 Å². The van der Waals surface area contributed by atoms with E-state index in [0.717, 1.165) is 21.6 Å². The van der Waals surface area contributed by atoms with Gasteiger partial charge in [0.1, 0.15) is 0 Å². The number of hydrogen-bond donors (Lipinski definition) is 3. The minimum Gasteiger partial charge on any atom is -0.399 e. The van der Waals surface area contributed by atoms with Gasteiger partial charge in [-0.25, -0.2) is 8.42 Å². The highest BCUT2D eigenvalue weighted by Crippen LogP contribution is 2.23. The summed E-state index contributed by atoms with van der Waals surface area (Å²) in [6.07, 6.45) is 0.645. The van der Waals surface area contributed by atoms with Gasteiger partial charge in [0.25, 0.3) is 10.0 Å². The fourth-order valence-electron chi connectivity index (χ4n) is 3.52. The molecule has 6 nitrogen and oxygen atoms in total. The Hall–Kier alpha value is -3.75. The molecule has 184 valence electrons. The molecule has 4 rings (SSSR count). The lowest BCUT2D eigenvalue weighted by Gasteiger charge is -2.10. The summed E-state index contributed by atoms with van der Waals surface area (Å²) in [5.74, 6) is 0.288. The summed E-state index contributed by atoms with van der Waals surface area (Å²) >= 11 is 1.46. The van der Waals surface area contributed by atoms with Crippen molar-refractivity contribution in [2.24, 2.45) is 0 Å². The number of hydrogen-bond acceptors (Lipinski definition) is 5. The molecule has 8 heteroatoms. The van der Waals surface area contributed by atoms with E-state index in [9.17, 15) is 13.2 Å². The zero-order valence-corrected chi connectivity index (χ0v) is 21.2. The zero-order valence-electron chi connectivity index (χ0n) is 19.6. The van der Waals surface area contributed by atoms with E-state index in [2.05, 4.69) is 10.0 Å². The molecule has 4 aromatic carbocycles. The second kappa shape index (κ2) is 11.8. The first-order valence-electron chi connectivity index (χ1n) is 11.4. The van der Waals surface area contributed by atoms with E-state index in [1.807, 2.05) is 66.7 Å². The molecule has 4 N–H and O–H groups in total. The maximum atomic E-state index is 12.8. The predicted molar refractivity (Wildman–Crippen MR) is 147 cm³/mol. The van der Waals surface area contributed by atoms with Gasteiger partial charge in [0.15, 0.2) is 0 Å². The van der Waals surface area contributed by atoms with E-state index in [0.29, 0.717) is 30.1 Å². The van der Waals surface area contributed by atoms with E-state index < -0.39 is 10.0 Å². The fourth-order valence-corrected chi connectivity index (χ4v) is 5.31. The average molecular weight is 518 g/mol. The van der Waals surface area contributed by atoms with Gasteiger partial charge in [0, 0.05) is 22.8 Å². The number of sulfonamides is 1. The second-order valence-corrected chi connectivity index (χ2v) is 10.9. The Balaban J connectivity index is 1.25. The van der Waals surface area contributed by atoms with Gasteiger partial charge in [-0.3, -0.25) is 9.52 Å². The maximum Gasteiger partial charge on any atom is 0.261 e.